The summed E-state index contributed by atoms with van der Waals surface area (Å²) in [5, 5.41) is 1.04. The number of methoxy groups -OCH3 is 1. The molecular weight excluding hydrogens is 196 g/mol. The molecule has 14 heavy (non-hydrogen) atoms. The molecule has 3 nitrogen and oxygen atoms in total. The van der Waals surface area contributed by atoms with E-state index in [1.54, 1.807) is 18.4 Å². The van der Waals surface area contributed by atoms with Gasteiger partial charge in [-0.1, -0.05) is 6.92 Å². The van der Waals surface area contributed by atoms with Gasteiger partial charge in [0.1, 0.15) is 11.1 Å². The van der Waals surface area contributed by atoms with Gasteiger partial charge in [-0.05, 0) is 20.3 Å². The highest BCUT2D eigenvalue weighted by Crippen LogP contribution is 2.30. The normalized spacial score (nSPS) is 15.5. The van der Waals surface area contributed by atoms with Crippen molar-refractivity contribution >= 4 is 11.3 Å². The van der Waals surface area contributed by atoms with Gasteiger partial charge in [-0.15, -0.1) is 11.3 Å². The molecule has 2 atom stereocenters. The summed E-state index contributed by atoms with van der Waals surface area (Å²) in [6.45, 7) is 6.08. The third-order valence-corrected chi connectivity index (χ3v) is 3.64. The Morgan fingerprint density at radius 1 is 1.57 bits per heavy atom. The van der Waals surface area contributed by atoms with Crippen LogP contribution in [0.4, 0.5) is 0 Å². The van der Waals surface area contributed by atoms with Crippen LogP contribution in [0, 0.1) is 6.92 Å². The molecule has 0 saturated heterocycles. The van der Waals surface area contributed by atoms with E-state index < -0.39 is 0 Å². The van der Waals surface area contributed by atoms with Gasteiger partial charge in [0, 0.05) is 18.0 Å². The molecule has 0 radical (unpaired) electrons. The Morgan fingerprint density at radius 2 is 2.21 bits per heavy atom. The first-order valence-electron chi connectivity index (χ1n) is 4.85. The van der Waals surface area contributed by atoms with Crippen molar-refractivity contribution in [1.29, 1.82) is 0 Å². The van der Waals surface area contributed by atoms with E-state index in [0.29, 0.717) is 0 Å². The number of aryl methyl sites for hydroxylation is 1. The molecule has 4 heteroatoms. The molecule has 0 aliphatic heterocycles. The van der Waals surface area contributed by atoms with Gasteiger partial charge in [0.2, 0.25) is 0 Å². The second-order valence-electron chi connectivity index (χ2n) is 3.42. The molecule has 0 saturated carbocycles. The lowest BCUT2D eigenvalue weighted by Crippen LogP contribution is -2.03. The third-order valence-electron chi connectivity index (χ3n) is 2.19. The molecule has 1 heterocycles. The van der Waals surface area contributed by atoms with Gasteiger partial charge in [0.05, 0.1) is 5.69 Å². The summed E-state index contributed by atoms with van der Waals surface area (Å²) in [6.07, 6.45) is 1.06. The van der Waals surface area contributed by atoms with Gasteiger partial charge < -0.3 is 10.5 Å². The maximum Gasteiger partial charge on any atom is 0.122 e. The zero-order chi connectivity index (χ0) is 10.7. The number of nitrogens with two attached hydrogens (primary N) is 1. The van der Waals surface area contributed by atoms with Crippen molar-refractivity contribution in [1.82, 2.24) is 4.98 Å². The fraction of sp³-hybridized carbons (Fsp3) is 0.700. The van der Waals surface area contributed by atoms with E-state index in [9.17, 15) is 0 Å². The second kappa shape index (κ2) is 4.87. The maximum absolute atomic E-state index is 5.84. The summed E-state index contributed by atoms with van der Waals surface area (Å²) in [7, 11) is 1.72. The minimum absolute atomic E-state index is 0.0654. The lowest BCUT2D eigenvalue weighted by molar-refractivity contribution is 0.0997. The largest absolute Gasteiger partial charge is 0.374 e. The molecule has 2 unspecified atom stereocenters. The third kappa shape index (κ3) is 2.32. The van der Waals surface area contributed by atoms with Crippen LogP contribution in [0.2, 0.25) is 0 Å². The van der Waals surface area contributed by atoms with Gasteiger partial charge in [-0.3, -0.25) is 0 Å². The molecule has 0 aliphatic rings. The average molecular weight is 214 g/mol. The first-order chi connectivity index (χ1) is 6.60. The number of nitrogens with zero attached hydrogens (tertiary/aromatic N) is 1. The zero-order valence-electron chi connectivity index (χ0n) is 9.20. The second-order valence-corrected chi connectivity index (χ2v) is 4.49. The summed E-state index contributed by atoms with van der Waals surface area (Å²) in [6, 6.07) is 0.0654. The van der Waals surface area contributed by atoms with Crippen LogP contribution in [0.1, 0.15) is 48.0 Å². The van der Waals surface area contributed by atoms with Crippen LogP contribution < -0.4 is 5.73 Å². The molecule has 0 fully saturated rings. The maximum atomic E-state index is 5.84. The van der Waals surface area contributed by atoms with Gasteiger partial charge in [0.15, 0.2) is 0 Å². The summed E-state index contributed by atoms with van der Waals surface area (Å²) in [4.78, 5) is 5.65. The molecule has 1 aromatic heterocycles. The Kier molecular flexibility index (Phi) is 4.04. The van der Waals surface area contributed by atoms with Crippen LogP contribution in [0.15, 0.2) is 0 Å². The van der Waals surface area contributed by atoms with E-state index in [2.05, 4.69) is 11.9 Å². The van der Waals surface area contributed by atoms with Gasteiger partial charge in [-0.2, -0.15) is 0 Å². The van der Waals surface area contributed by atoms with E-state index in [0.717, 1.165) is 22.0 Å². The zero-order valence-corrected chi connectivity index (χ0v) is 10.0. The van der Waals surface area contributed by atoms with Crippen LogP contribution >= 0.6 is 11.3 Å². The highest BCUT2D eigenvalue weighted by atomic mass is 32.1. The van der Waals surface area contributed by atoms with Crippen LogP contribution in [0.5, 0.6) is 0 Å². The summed E-state index contributed by atoms with van der Waals surface area (Å²) in [5.74, 6) is 0. The standard InChI is InChI=1S/C10H18N2OS/c1-5-8(13-4)10-12-7(3)9(14-10)6(2)11/h6,8H,5,11H2,1-4H3. The van der Waals surface area contributed by atoms with Crippen LogP contribution in [0.25, 0.3) is 0 Å². The number of rotatable bonds is 4. The Balaban J connectivity index is 2.95. The van der Waals surface area contributed by atoms with Crippen molar-refractivity contribution in [3.05, 3.63) is 15.6 Å². The van der Waals surface area contributed by atoms with E-state index in [1.807, 2.05) is 13.8 Å². The fourth-order valence-electron chi connectivity index (χ4n) is 1.43. The predicted octanol–water partition coefficient (Wildman–Crippen LogP) is 2.57. The van der Waals surface area contributed by atoms with E-state index >= 15 is 0 Å². The van der Waals surface area contributed by atoms with Gasteiger partial charge in [-0.25, -0.2) is 4.98 Å². The van der Waals surface area contributed by atoms with Gasteiger partial charge >= 0.3 is 0 Å². The highest BCUT2D eigenvalue weighted by Gasteiger charge is 2.16. The highest BCUT2D eigenvalue weighted by molar-refractivity contribution is 7.11. The lowest BCUT2D eigenvalue weighted by Gasteiger charge is -2.08. The molecule has 2 N–H and O–H groups in total. The summed E-state index contributed by atoms with van der Waals surface area (Å²) in [5.41, 5.74) is 6.88. The molecule has 0 aliphatic carbocycles. The average Bonchev–Trinajstić information content (AvgIpc) is 2.50. The number of ether oxygens (including phenoxy) is 1. The predicted molar refractivity (Wildman–Crippen MR) is 59.5 cm³/mol. The molecular formula is C10H18N2OS. The Bertz CT molecular complexity index is 292. The van der Waals surface area contributed by atoms with Crippen molar-refractivity contribution < 1.29 is 4.74 Å². The molecule has 1 rings (SSSR count). The summed E-state index contributed by atoms with van der Waals surface area (Å²) >= 11 is 1.66. The van der Waals surface area contributed by atoms with Crippen molar-refractivity contribution in [3.8, 4) is 0 Å². The SMILES string of the molecule is CCC(OC)c1nc(C)c(C(C)N)s1. The molecule has 0 aromatic carbocycles. The smallest absolute Gasteiger partial charge is 0.122 e. The molecule has 80 valence electrons. The summed E-state index contributed by atoms with van der Waals surface area (Å²) < 4.78 is 5.34. The minimum atomic E-state index is 0.0654. The first-order valence-corrected chi connectivity index (χ1v) is 5.67. The van der Waals surface area contributed by atoms with Crippen LogP contribution in [-0.2, 0) is 4.74 Å². The Labute approximate surface area is 89.3 Å². The number of hydrogen-bond acceptors (Lipinski definition) is 4. The monoisotopic (exact) mass is 214 g/mol. The van der Waals surface area contributed by atoms with Gasteiger partial charge in [0.25, 0.3) is 0 Å². The Morgan fingerprint density at radius 3 is 2.57 bits per heavy atom. The molecule has 0 amide bonds. The number of aromatic nitrogens is 1. The number of hydrogen-bond donors (Lipinski definition) is 1. The van der Waals surface area contributed by atoms with Crippen molar-refractivity contribution in [3.63, 3.8) is 0 Å². The first kappa shape index (κ1) is 11.6. The van der Waals surface area contributed by atoms with Crippen LogP contribution in [0.3, 0.4) is 0 Å². The van der Waals surface area contributed by atoms with E-state index in [-0.39, 0.29) is 12.1 Å². The van der Waals surface area contributed by atoms with Crippen LogP contribution in [-0.4, -0.2) is 12.1 Å². The van der Waals surface area contributed by atoms with E-state index in [1.165, 1.54) is 0 Å². The van der Waals surface area contributed by atoms with Crippen molar-refractivity contribution in [2.24, 2.45) is 5.73 Å². The Hall–Kier alpha value is -0.450. The molecule has 0 spiro atoms. The van der Waals surface area contributed by atoms with Crippen molar-refractivity contribution in [2.45, 2.75) is 39.3 Å². The molecule has 1 aromatic rings. The lowest BCUT2D eigenvalue weighted by atomic mass is 10.2. The van der Waals surface area contributed by atoms with E-state index in [4.69, 9.17) is 10.5 Å². The quantitative estimate of drug-likeness (QED) is 0.838. The fourth-order valence-corrected chi connectivity index (χ4v) is 2.61. The molecule has 0 bridgehead atoms. The van der Waals surface area contributed by atoms with Crippen molar-refractivity contribution in [2.75, 3.05) is 7.11 Å². The minimum Gasteiger partial charge on any atom is -0.374 e. The topological polar surface area (TPSA) is 48.1 Å². The number of thiazole rings is 1.